The molecule has 2 aliphatic rings. The van der Waals surface area contributed by atoms with E-state index in [0.717, 1.165) is 13.1 Å². The summed E-state index contributed by atoms with van der Waals surface area (Å²) < 4.78 is 0. The quantitative estimate of drug-likeness (QED) is 0.800. The van der Waals surface area contributed by atoms with E-state index in [4.69, 9.17) is 0 Å². The van der Waals surface area contributed by atoms with Gasteiger partial charge in [-0.2, -0.15) is 0 Å². The maximum atomic E-state index is 4.52. The summed E-state index contributed by atoms with van der Waals surface area (Å²) in [4.78, 5) is 4.52. The molecule has 0 radical (unpaired) electrons. The molecule has 0 aromatic carbocycles. The summed E-state index contributed by atoms with van der Waals surface area (Å²) >= 11 is 1.89. The molecule has 0 amide bonds. The van der Waals surface area contributed by atoms with Gasteiger partial charge < -0.3 is 5.32 Å². The van der Waals surface area contributed by atoms with Crippen LogP contribution < -0.4 is 5.32 Å². The van der Waals surface area contributed by atoms with E-state index in [1.807, 2.05) is 11.8 Å². The summed E-state index contributed by atoms with van der Waals surface area (Å²) in [5, 5.41) is 4.76. The van der Waals surface area contributed by atoms with Crippen LogP contribution in [0.15, 0.2) is 4.99 Å². The molecule has 2 nitrogen and oxygen atoms in total. The molecule has 1 heterocycles. The predicted molar refractivity (Wildman–Crippen MR) is 68.6 cm³/mol. The van der Waals surface area contributed by atoms with Crippen molar-refractivity contribution in [2.45, 2.75) is 45.4 Å². The summed E-state index contributed by atoms with van der Waals surface area (Å²) in [5.74, 6) is 1.24. The third kappa shape index (κ3) is 2.90. The molecule has 0 atom stereocenters. The highest BCUT2D eigenvalue weighted by Crippen LogP contribution is 2.40. The molecule has 1 N–H and O–H groups in total. The second-order valence-electron chi connectivity index (χ2n) is 4.80. The minimum atomic E-state index is 0.584. The average molecular weight is 226 g/mol. The minimum Gasteiger partial charge on any atom is -0.364 e. The van der Waals surface area contributed by atoms with Crippen molar-refractivity contribution in [3.05, 3.63) is 0 Å². The summed E-state index contributed by atoms with van der Waals surface area (Å²) in [5.41, 5.74) is 0.584. The van der Waals surface area contributed by atoms with E-state index < -0.39 is 0 Å². The van der Waals surface area contributed by atoms with E-state index in [9.17, 15) is 0 Å². The van der Waals surface area contributed by atoms with Crippen LogP contribution in [0.2, 0.25) is 0 Å². The van der Waals surface area contributed by atoms with Crippen LogP contribution >= 0.6 is 11.8 Å². The van der Waals surface area contributed by atoms with E-state index in [1.165, 1.54) is 49.4 Å². The Morgan fingerprint density at radius 3 is 2.73 bits per heavy atom. The van der Waals surface area contributed by atoms with Crippen molar-refractivity contribution in [1.29, 1.82) is 0 Å². The molecule has 15 heavy (non-hydrogen) atoms. The standard InChI is InChI=1S/C12H22N2S/c1-2-12(6-3-4-7-12)10-14-11-13-8-5-9-15-11/h2-10H2,1H3,(H,13,14). The number of amidine groups is 1. The number of nitrogens with one attached hydrogen (secondary N) is 1. The van der Waals surface area contributed by atoms with Crippen LogP contribution in [0.4, 0.5) is 0 Å². The van der Waals surface area contributed by atoms with Gasteiger partial charge in [0.15, 0.2) is 5.17 Å². The molecular weight excluding hydrogens is 204 g/mol. The average Bonchev–Trinajstić information content (AvgIpc) is 2.77. The molecule has 3 heteroatoms. The summed E-state index contributed by atoms with van der Waals surface area (Å²) in [6, 6.07) is 0. The normalized spacial score (nSPS) is 25.0. The van der Waals surface area contributed by atoms with Crippen LogP contribution in [-0.4, -0.2) is 24.0 Å². The fraction of sp³-hybridized carbons (Fsp3) is 0.917. The summed E-state index contributed by atoms with van der Waals surface area (Å²) in [7, 11) is 0. The van der Waals surface area contributed by atoms with Gasteiger partial charge in [-0.05, 0) is 31.1 Å². The van der Waals surface area contributed by atoms with Gasteiger partial charge in [0.2, 0.25) is 0 Å². The Bertz CT molecular complexity index is 232. The number of aliphatic imine (C=N–C) groups is 1. The Hall–Kier alpha value is -0.180. The van der Waals surface area contributed by atoms with Gasteiger partial charge in [-0.3, -0.25) is 4.99 Å². The molecule has 0 aromatic heterocycles. The van der Waals surface area contributed by atoms with Gasteiger partial charge in [0.1, 0.15) is 0 Å². The van der Waals surface area contributed by atoms with E-state index in [0.29, 0.717) is 5.41 Å². The lowest BCUT2D eigenvalue weighted by molar-refractivity contribution is 0.285. The lowest BCUT2D eigenvalue weighted by Crippen LogP contribution is -2.35. The second-order valence-corrected chi connectivity index (χ2v) is 5.89. The zero-order chi connectivity index (χ0) is 10.6. The summed E-state index contributed by atoms with van der Waals surface area (Å²) in [6.45, 7) is 4.51. The smallest absolute Gasteiger partial charge is 0.156 e. The monoisotopic (exact) mass is 226 g/mol. The Kier molecular flexibility index (Phi) is 3.95. The number of hydrogen-bond acceptors (Lipinski definition) is 3. The summed E-state index contributed by atoms with van der Waals surface area (Å²) in [6.07, 6.45) is 8.24. The molecule has 0 unspecified atom stereocenters. The molecule has 0 saturated heterocycles. The maximum Gasteiger partial charge on any atom is 0.156 e. The Labute approximate surface area is 97.3 Å². The van der Waals surface area contributed by atoms with Crippen molar-refractivity contribution < 1.29 is 0 Å². The van der Waals surface area contributed by atoms with Crippen molar-refractivity contribution in [3.8, 4) is 0 Å². The number of hydrogen-bond donors (Lipinski definition) is 1. The molecule has 0 spiro atoms. The van der Waals surface area contributed by atoms with E-state index in [2.05, 4.69) is 17.2 Å². The van der Waals surface area contributed by atoms with Gasteiger partial charge in [-0.1, -0.05) is 31.5 Å². The first kappa shape index (κ1) is 11.3. The van der Waals surface area contributed by atoms with Gasteiger partial charge in [-0.25, -0.2) is 0 Å². The fourth-order valence-electron chi connectivity index (χ4n) is 2.61. The van der Waals surface area contributed by atoms with Crippen molar-refractivity contribution in [3.63, 3.8) is 0 Å². The van der Waals surface area contributed by atoms with Crippen molar-refractivity contribution in [1.82, 2.24) is 5.32 Å². The molecule has 1 aliphatic heterocycles. The topological polar surface area (TPSA) is 24.4 Å². The van der Waals surface area contributed by atoms with Crippen molar-refractivity contribution in [2.24, 2.45) is 10.4 Å². The predicted octanol–water partition coefficient (Wildman–Crippen LogP) is 3.04. The minimum absolute atomic E-state index is 0.584. The Balaban J connectivity index is 1.82. The Morgan fingerprint density at radius 2 is 2.13 bits per heavy atom. The lowest BCUT2D eigenvalue weighted by atomic mass is 9.83. The highest BCUT2D eigenvalue weighted by molar-refractivity contribution is 8.13. The van der Waals surface area contributed by atoms with Crippen LogP contribution in [0.5, 0.6) is 0 Å². The maximum absolute atomic E-state index is 4.52. The zero-order valence-corrected chi connectivity index (χ0v) is 10.5. The van der Waals surface area contributed by atoms with E-state index in [1.54, 1.807) is 0 Å². The molecule has 1 saturated carbocycles. The van der Waals surface area contributed by atoms with Gasteiger partial charge in [-0.15, -0.1) is 0 Å². The van der Waals surface area contributed by atoms with Crippen LogP contribution in [0.1, 0.15) is 45.4 Å². The SMILES string of the molecule is CCC1(CNC2=NCCCS2)CCCC1. The molecule has 0 bridgehead atoms. The fourth-order valence-corrected chi connectivity index (χ4v) is 3.43. The van der Waals surface area contributed by atoms with E-state index in [-0.39, 0.29) is 0 Å². The molecule has 2 rings (SSSR count). The first-order chi connectivity index (χ1) is 7.35. The second kappa shape index (κ2) is 5.24. The third-order valence-corrected chi connectivity index (χ3v) is 4.87. The largest absolute Gasteiger partial charge is 0.364 e. The Morgan fingerprint density at radius 1 is 1.33 bits per heavy atom. The number of nitrogens with zero attached hydrogens (tertiary/aromatic N) is 1. The van der Waals surface area contributed by atoms with E-state index >= 15 is 0 Å². The van der Waals surface area contributed by atoms with Crippen LogP contribution in [0.3, 0.4) is 0 Å². The van der Waals surface area contributed by atoms with Gasteiger partial charge in [0, 0.05) is 18.8 Å². The molecular formula is C12H22N2S. The molecule has 1 fully saturated rings. The lowest BCUT2D eigenvalue weighted by Gasteiger charge is -2.28. The highest BCUT2D eigenvalue weighted by Gasteiger charge is 2.31. The first-order valence-corrected chi connectivity index (χ1v) is 7.24. The van der Waals surface area contributed by atoms with Crippen molar-refractivity contribution in [2.75, 3.05) is 18.8 Å². The zero-order valence-electron chi connectivity index (χ0n) is 9.72. The van der Waals surface area contributed by atoms with Gasteiger partial charge >= 0.3 is 0 Å². The molecule has 86 valence electrons. The van der Waals surface area contributed by atoms with Crippen molar-refractivity contribution >= 4 is 16.9 Å². The van der Waals surface area contributed by atoms with Crippen LogP contribution in [0, 0.1) is 5.41 Å². The van der Waals surface area contributed by atoms with Crippen LogP contribution in [0.25, 0.3) is 0 Å². The molecule has 0 aromatic rings. The van der Waals surface area contributed by atoms with Crippen LogP contribution in [-0.2, 0) is 0 Å². The van der Waals surface area contributed by atoms with Gasteiger partial charge in [0.05, 0.1) is 0 Å². The van der Waals surface area contributed by atoms with Gasteiger partial charge in [0.25, 0.3) is 0 Å². The number of rotatable bonds is 3. The third-order valence-electron chi connectivity index (χ3n) is 3.83. The molecule has 1 aliphatic carbocycles. The number of thioether (sulfide) groups is 1. The highest BCUT2D eigenvalue weighted by atomic mass is 32.2. The first-order valence-electron chi connectivity index (χ1n) is 6.26.